The van der Waals surface area contributed by atoms with Crippen LogP contribution in [0.3, 0.4) is 0 Å². The number of carboxylic acids is 1. The molecule has 0 aliphatic carbocycles. The van der Waals surface area contributed by atoms with Gasteiger partial charge in [-0.15, -0.1) is 0 Å². The lowest BCUT2D eigenvalue weighted by molar-refractivity contribution is 0.0697. The normalized spacial score (nSPS) is 16.7. The third kappa shape index (κ3) is 5.51. The number of nitrogens with one attached hydrogen (secondary N) is 1. The fourth-order valence-corrected chi connectivity index (χ4v) is 4.02. The van der Waals surface area contributed by atoms with Crippen molar-refractivity contribution in [2.24, 2.45) is 5.92 Å². The van der Waals surface area contributed by atoms with Gasteiger partial charge in [-0.2, -0.15) is 0 Å². The van der Waals surface area contributed by atoms with Crippen molar-refractivity contribution in [1.82, 2.24) is 4.98 Å². The first-order chi connectivity index (χ1) is 14.5. The molecule has 2 aromatic rings. The van der Waals surface area contributed by atoms with Crippen LogP contribution in [0.15, 0.2) is 82.6 Å². The Balaban J connectivity index is 1.75. The van der Waals surface area contributed by atoms with Crippen molar-refractivity contribution >= 4 is 23.4 Å². The molecular weight excluding hydrogens is 403 g/mol. The number of nitrogens with zero attached hydrogens (tertiary/aromatic N) is 1. The fourth-order valence-electron chi connectivity index (χ4n) is 3.21. The summed E-state index contributed by atoms with van der Waals surface area (Å²) in [5.41, 5.74) is 1.64. The second-order valence-corrected chi connectivity index (χ2v) is 8.10. The molecule has 1 atom stereocenters. The average molecular weight is 427 g/mol. The number of ether oxygens (including phenoxy) is 1. The van der Waals surface area contributed by atoms with Crippen LogP contribution in [-0.4, -0.2) is 29.2 Å². The van der Waals surface area contributed by atoms with Crippen LogP contribution in [0.4, 0.5) is 10.1 Å². The minimum absolute atomic E-state index is 0.118. The van der Waals surface area contributed by atoms with Gasteiger partial charge < -0.3 is 15.2 Å². The zero-order valence-corrected chi connectivity index (χ0v) is 17.4. The first kappa shape index (κ1) is 21.6. The second kappa shape index (κ2) is 10.1. The maximum Gasteiger partial charge on any atom is 0.337 e. The molecule has 0 fully saturated rings. The van der Waals surface area contributed by atoms with Gasteiger partial charge in [-0.05, 0) is 60.2 Å². The number of carbonyl (C=O) groups is 1. The van der Waals surface area contributed by atoms with Crippen molar-refractivity contribution in [3.63, 3.8) is 0 Å². The van der Waals surface area contributed by atoms with E-state index in [1.807, 2.05) is 13.0 Å². The maximum atomic E-state index is 13.1. The number of pyridine rings is 1. The molecule has 1 aromatic carbocycles. The minimum Gasteiger partial charge on any atom is -0.493 e. The van der Waals surface area contributed by atoms with Gasteiger partial charge in [0.15, 0.2) is 0 Å². The van der Waals surface area contributed by atoms with Crippen LogP contribution in [0.1, 0.15) is 23.7 Å². The van der Waals surface area contributed by atoms with Crippen molar-refractivity contribution in [3.05, 3.63) is 89.1 Å². The van der Waals surface area contributed by atoms with Crippen LogP contribution in [0.5, 0.6) is 0 Å². The average Bonchev–Trinajstić information content (AvgIpc) is 2.74. The lowest BCUT2D eigenvalue weighted by Crippen LogP contribution is -2.23. The molecule has 1 aliphatic heterocycles. The molecule has 156 valence electrons. The number of halogens is 1. The number of hydrogen-bond donors (Lipinski definition) is 2. The Morgan fingerprint density at radius 2 is 2.17 bits per heavy atom. The highest BCUT2D eigenvalue weighted by Gasteiger charge is 2.22. The molecule has 2 N–H and O–H groups in total. The summed E-state index contributed by atoms with van der Waals surface area (Å²) in [7, 11) is 0. The van der Waals surface area contributed by atoms with Crippen LogP contribution >= 0.6 is 11.8 Å². The van der Waals surface area contributed by atoms with Crippen LogP contribution in [0.2, 0.25) is 0 Å². The summed E-state index contributed by atoms with van der Waals surface area (Å²) in [6.45, 7) is 7.01. The molecule has 0 saturated carbocycles. The predicted octanol–water partition coefficient (Wildman–Crippen LogP) is 5.50. The van der Waals surface area contributed by atoms with Crippen LogP contribution in [0.25, 0.3) is 0 Å². The highest BCUT2D eigenvalue weighted by molar-refractivity contribution is 8.03. The summed E-state index contributed by atoms with van der Waals surface area (Å²) in [5, 5.41) is 12.5. The number of aromatic nitrogens is 1. The third-order valence-electron chi connectivity index (χ3n) is 4.69. The number of thioether (sulfide) groups is 1. The molecule has 0 amide bonds. The summed E-state index contributed by atoms with van der Waals surface area (Å²) in [6.07, 6.45) is 7.52. The zero-order valence-electron chi connectivity index (χ0n) is 16.6. The third-order valence-corrected chi connectivity index (χ3v) is 5.63. The number of carboxylic acid groups (broad SMARTS) is 1. The summed E-state index contributed by atoms with van der Waals surface area (Å²) in [5.74, 6) is -0.389. The molecule has 7 heteroatoms. The number of hydrogen-bond acceptors (Lipinski definition) is 5. The number of rotatable bonds is 8. The van der Waals surface area contributed by atoms with Gasteiger partial charge in [0.25, 0.3) is 0 Å². The Labute approximate surface area is 179 Å². The summed E-state index contributed by atoms with van der Waals surface area (Å²) >= 11 is 1.53. The Morgan fingerprint density at radius 1 is 1.40 bits per heavy atom. The summed E-state index contributed by atoms with van der Waals surface area (Å²) in [4.78, 5) is 17.4. The molecule has 1 aromatic heterocycles. The molecular formula is C23H23FN2O3S. The number of benzene rings is 1. The van der Waals surface area contributed by atoms with E-state index in [-0.39, 0.29) is 17.3 Å². The van der Waals surface area contributed by atoms with E-state index in [9.17, 15) is 14.3 Å². The standard InChI is InChI=1S/C23H23FN2O3S/c1-3-19-16(13-26-21-14-25-10-8-20(21)23(27)28)9-11-29-22(19)12-15(2)30-18-6-4-17(24)5-7-18/h3-8,10,12,14,16,26H,1,9,11,13H2,2H3,(H,27,28)/b15-12+/t16-/m0/s1. The molecule has 0 saturated heterocycles. The molecule has 2 heterocycles. The maximum absolute atomic E-state index is 13.1. The first-order valence-electron chi connectivity index (χ1n) is 9.50. The number of anilines is 1. The van der Waals surface area contributed by atoms with E-state index >= 15 is 0 Å². The Morgan fingerprint density at radius 3 is 2.87 bits per heavy atom. The monoisotopic (exact) mass is 426 g/mol. The Bertz CT molecular complexity index is 986. The molecule has 3 rings (SSSR count). The predicted molar refractivity (Wildman–Crippen MR) is 117 cm³/mol. The molecule has 0 radical (unpaired) electrons. The number of aromatic carboxylic acids is 1. The van der Waals surface area contributed by atoms with Gasteiger partial charge in [0.1, 0.15) is 11.6 Å². The van der Waals surface area contributed by atoms with Crippen molar-refractivity contribution in [3.8, 4) is 0 Å². The topological polar surface area (TPSA) is 71.5 Å². The van der Waals surface area contributed by atoms with E-state index in [0.29, 0.717) is 18.8 Å². The van der Waals surface area contributed by atoms with Crippen molar-refractivity contribution < 1.29 is 19.0 Å². The van der Waals surface area contributed by atoms with Gasteiger partial charge in [0.2, 0.25) is 0 Å². The van der Waals surface area contributed by atoms with Gasteiger partial charge in [-0.1, -0.05) is 24.4 Å². The molecule has 0 bridgehead atoms. The van der Waals surface area contributed by atoms with Gasteiger partial charge >= 0.3 is 5.97 Å². The zero-order chi connectivity index (χ0) is 21.5. The van der Waals surface area contributed by atoms with E-state index in [0.717, 1.165) is 27.6 Å². The molecule has 5 nitrogen and oxygen atoms in total. The van der Waals surface area contributed by atoms with Gasteiger partial charge in [0, 0.05) is 23.6 Å². The first-order valence-corrected chi connectivity index (χ1v) is 10.3. The van der Waals surface area contributed by atoms with Crippen LogP contribution < -0.4 is 5.32 Å². The van der Waals surface area contributed by atoms with Crippen molar-refractivity contribution in [1.29, 1.82) is 0 Å². The highest BCUT2D eigenvalue weighted by atomic mass is 32.2. The lowest BCUT2D eigenvalue weighted by Gasteiger charge is -2.27. The van der Waals surface area contributed by atoms with E-state index in [4.69, 9.17) is 4.74 Å². The summed E-state index contributed by atoms with van der Waals surface area (Å²) < 4.78 is 19.0. The smallest absolute Gasteiger partial charge is 0.337 e. The van der Waals surface area contributed by atoms with Crippen molar-refractivity contribution in [2.45, 2.75) is 18.2 Å². The van der Waals surface area contributed by atoms with E-state index in [1.54, 1.807) is 18.2 Å². The quantitative estimate of drug-likeness (QED) is 0.543. The van der Waals surface area contributed by atoms with E-state index in [1.165, 1.54) is 42.4 Å². The largest absolute Gasteiger partial charge is 0.493 e. The Kier molecular flexibility index (Phi) is 7.30. The Hall–Kier alpha value is -3.06. The van der Waals surface area contributed by atoms with Crippen LogP contribution in [-0.2, 0) is 4.74 Å². The fraction of sp³-hybridized carbons (Fsp3) is 0.217. The minimum atomic E-state index is -0.997. The lowest BCUT2D eigenvalue weighted by atomic mass is 9.92. The molecule has 0 unspecified atom stereocenters. The van der Waals surface area contributed by atoms with Gasteiger partial charge in [0.05, 0.1) is 24.1 Å². The molecule has 30 heavy (non-hydrogen) atoms. The van der Waals surface area contributed by atoms with Crippen LogP contribution in [0, 0.1) is 11.7 Å². The van der Waals surface area contributed by atoms with E-state index in [2.05, 4.69) is 16.9 Å². The number of allylic oxidation sites excluding steroid dienone is 3. The van der Waals surface area contributed by atoms with Gasteiger partial charge in [-0.3, -0.25) is 4.98 Å². The van der Waals surface area contributed by atoms with Crippen molar-refractivity contribution in [2.75, 3.05) is 18.5 Å². The SMILES string of the molecule is C=CC1=C(/C=C(\C)Sc2ccc(F)cc2)OCC[C@H]1CNc1cnccc1C(=O)O. The highest BCUT2D eigenvalue weighted by Crippen LogP contribution is 2.32. The van der Waals surface area contributed by atoms with Gasteiger partial charge in [-0.25, -0.2) is 9.18 Å². The van der Waals surface area contributed by atoms with E-state index < -0.39 is 5.97 Å². The molecule has 0 spiro atoms. The summed E-state index contributed by atoms with van der Waals surface area (Å²) in [6, 6.07) is 7.83. The molecule has 1 aliphatic rings. The second-order valence-electron chi connectivity index (χ2n) is 6.78.